The molecule has 0 amide bonds. The van der Waals surface area contributed by atoms with Crippen LogP contribution in [0.4, 0.5) is 17.6 Å². The molecule has 0 radical (unpaired) electrons. The molecule has 45 heavy (non-hydrogen) atoms. The average Bonchev–Trinajstić information content (AvgIpc) is 2.96. The highest BCUT2D eigenvalue weighted by atomic mass is 32.2. The van der Waals surface area contributed by atoms with E-state index in [1.165, 1.54) is 19.2 Å². The molecule has 0 N–H and O–H groups in total. The van der Waals surface area contributed by atoms with E-state index < -0.39 is 33.3 Å². The molecule has 0 saturated heterocycles. The van der Waals surface area contributed by atoms with Crippen LogP contribution >= 0.6 is 0 Å². The van der Waals surface area contributed by atoms with Gasteiger partial charge in [0.2, 0.25) is 0 Å². The first kappa shape index (κ1) is 37.1. The largest absolute Gasteiger partial charge is 0.534 e. The van der Waals surface area contributed by atoms with Crippen LogP contribution in [0.1, 0.15) is 59.5 Å². The summed E-state index contributed by atoms with van der Waals surface area (Å²) in [6.07, 6.45) is 0.963. The van der Waals surface area contributed by atoms with Crippen LogP contribution in [-0.4, -0.2) is 47.2 Å². The molecule has 0 unspecified atom stereocenters. The second kappa shape index (κ2) is 15.7. The minimum atomic E-state index is -5.76. The summed E-state index contributed by atoms with van der Waals surface area (Å²) in [5.74, 6) is -0.892. The zero-order valence-electron chi connectivity index (χ0n) is 26.0. The Morgan fingerprint density at radius 2 is 1.24 bits per heavy atom. The summed E-state index contributed by atoms with van der Waals surface area (Å²) >= 11 is 0. The Balaban J connectivity index is 0.000000314. The van der Waals surface area contributed by atoms with Crippen molar-refractivity contribution in [2.75, 3.05) is 21.3 Å². The molecule has 0 aromatic heterocycles. The lowest BCUT2D eigenvalue weighted by Gasteiger charge is -2.15. The zero-order valence-corrected chi connectivity index (χ0v) is 26.8. The third-order valence-corrected chi connectivity index (χ3v) is 7.18. The normalized spacial score (nSPS) is 11.5. The highest BCUT2D eigenvalue weighted by molar-refractivity contribution is 7.88. The topological polar surface area (TPSA) is 105 Å². The predicted molar refractivity (Wildman–Crippen MR) is 160 cm³/mol. The molecule has 3 rings (SSSR count). The molecule has 0 aliphatic carbocycles. The average molecular weight is 657 g/mol. The number of rotatable bonds is 10. The van der Waals surface area contributed by atoms with Crippen molar-refractivity contribution in [1.29, 1.82) is 0 Å². The van der Waals surface area contributed by atoms with Crippen LogP contribution in [0.5, 0.6) is 11.5 Å². The standard InChI is InChI=1S/C19H21FO3.C13H15F3O5S/c1-12(2)9-14-10-13(19(21)23-4)5-7-16(14)17-11-15(22-3)6-8-18(17)20;1-8(2)6-10-7-9(12(17)20-3)4-5-11(10)21-22(18,19)13(14,15)16/h5-8,10-12H,9H2,1-4H3;4-5,7-8H,6H2,1-3H3. The van der Waals surface area contributed by atoms with Gasteiger partial charge in [-0.05, 0) is 89.9 Å². The molecule has 3 aromatic carbocycles. The van der Waals surface area contributed by atoms with E-state index in [2.05, 4.69) is 22.8 Å². The monoisotopic (exact) mass is 656 g/mol. The summed E-state index contributed by atoms with van der Waals surface area (Å²) in [6.45, 7) is 7.73. The van der Waals surface area contributed by atoms with Crippen LogP contribution in [0.2, 0.25) is 0 Å². The van der Waals surface area contributed by atoms with Crippen molar-refractivity contribution < 1.29 is 54.0 Å². The minimum absolute atomic E-state index is 0.00355. The Morgan fingerprint density at radius 3 is 1.73 bits per heavy atom. The molecule has 8 nitrogen and oxygen atoms in total. The minimum Gasteiger partial charge on any atom is -0.497 e. The molecule has 0 fully saturated rings. The lowest BCUT2D eigenvalue weighted by Crippen LogP contribution is -2.28. The summed E-state index contributed by atoms with van der Waals surface area (Å²) < 4.78 is 92.3. The molecule has 0 aliphatic heterocycles. The summed E-state index contributed by atoms with van der Waals surface area (Å²) in [7, 11) is -1.71. The van der Waals surface area contributed by atoms with Crippen LogP contribution < -0.4 is 8.92 Å². The molecular formula is C32H36F4O8S. The first-order valence-corrected chi connectivity index (χ1v) is 15.1. The number of halogens is 4. The van der Waals surface area contributed by atoms with E-state index in [1.807, 2.05) is 0 Å². The van der Waals surface area contributed by atoms with Crippen LogP contribution in [0.25, 0.3) is 11.1 Å². The molecule has 0 saturated carbocycles. The molecule has 0 aliphatic rings. The number of esters is 2. The molecular weight excluding hydrogens is 620 g/mol. The fourth-order valence-corrected chi connectivity index (χ4v) is 4.71. The zero-order chi connectivity index (χ0) is 34.1. The maximum Gasteiger partial charge on any atom is 0.534 e. The highest BCUT2D eigenvalue weighted by Gasteiger charge is 2.48. The number of alkyl halides is 3. The van der Waals surface area contributed by atoms with Crippen molar-refractivity contribution in [2.24, 2.45) is 11.8 Å². The van der Waals surface area contributed by atoms with Gasteiger partial charge in [0.1, 0.15) is 17.3 Å². The van der Waals surface area contributed by atoms with Gasteiger partial charge < -0.3 is 18.4 Å². The Labute approximate surface area is 260 Å². The maximum absolute atomic E-state index is 14.3. The van der Waals surface area contributed by atoms with Gasteiger partial charge in [-0.25, -0.2) is 14.0 Å². The molecule has 246 valence electrons. The van der Waals surface area contributed by atoms with Crippen molar-refractivity contribution in [3.63, 3.8) is 0 Å². The van der Waals surface area contributed by atoms with Gasteiger partial charge >= 0.3 is 27.6 Å². The Bertz CT molecular complexity index is 1600. The first-order valence-electron chi connectivity index (χ1n) is 13.7. The summed E-state index contributed by atoms with van der Waals surface area (Å²) in [4.78, 5) is 23.2. The van der Waals surface area contributed by atoms with Gasteiger partial charge in [-0.3, -0.25) is 0 Å². The van der Waals surface area contributed by atoms with Crippen LogP contribution in [0, 0.1) is 17.7 Å². The van der Waals surface area contributed by atoms with Crippen molar-refractivity contribution in [3.05, 3.63) is 82.7 Å². The fourth-order valence-electron chi connectivity index (χ4n) is 4.22. The first-order chi connectivity index (χ1) is 20.9. The summed E-state index contributed by atoms with van der Waals surface area (Å²) in [5, 5.41) is 0. The quantitative estimate of drug-likeness (QED) is 0.0963. The van der Waals surface area contributed by atoms with E-state index in [-0.39, 0.29) is 29.3 Å². The molecule has 13 heteroatoms. The Hall–Kier alpha value is -4.13. The third-order valence-electron chi connectivity index (χ3n) is 6.21. The molecule has 0 heterocycles. The van der Waals surface area contributed by atoms with Crippen molar-refractivity contribution in [1.82, 2.24) is 0 Å². The highest BCUT2D eigenvalue weighted by Crippen LogP contribution is 2.33. The SMILES string of the molecule is COC(=O)c1ccc(-c2cc(OC)ccc2F)c(CC(C)C)c1.COC(=O)c1ccc(OS(=O)(=O)C(F)(F)F)c(CC(C)C)c1. The van der Waals surface area contributed by atoms with E-state index in [1.54, 1.807) is 51.3 Å². The number of carbonyl (C=O) groups excluding carboxylic acids is 2. The van der Waals surface area contributed by atoms with E-state index in [0.717, 1.165) is 36.8 Å². The number of hydrogen-bond donors (Lipinski definition) is 0. The van der Waals surface area contributed by atoms with Crippen LogP contribution in [0.15, 0.2) is 54.6 Å². The van der Waals surface area contributed by atoms with Gasteiger partial charge in [0.15, 0.2) is 0 Å². The molecule has 0 atom stereocenters. The summed E-state index contributed by atoms with van der Waals surface area (Å²) in [5.41, 5.74) is -2.64. The third kappa shape index (κ3) is 10.2. The number of hydrogen-bond acceptors (Lipinski definition) is 8. The van der Waals surface area contributed by atoms with Gasteiger partial charge in [0.05, 0.1) is 32.5 Å². The lowest BCUT2D eigenvalue weighted by molar-refractivity contribution is -0.0500. The van der Waals surface area contributed by atoms with Crippen LogP contribution in [0.3, 0.4) is 0 Å². The van der Waals surface area contributed by atoms with Gasteiger partial charge in [-0.15, -0.1) is 0 Å². The molecule has 3 aromatic rings. The van der Waals surface area contributed by atoms with E-state index in [0.29, 0.717) is 22.8 Å². The van der Waals surface area contributed by atoms with E-state index >= 15 is 0 Å². The van der Waals surface area contributed by atoms with Crippen molar-refractivity contribution >= 4 is 22.1 Å². The number of ether oxygens (including phenoxy) is 3. The van der Waals surface area contributed by atoms with E-state index in [4.69, 9.17) is 9.47 Å². The van der Waals surface area contributed by atoms with Crippen LogP contribution in [-0.2, 0) is 32.4 Å². The van der Waals surface area contributed by atoms with Gasteiger partial charge in [-0.2, -0.15) is 21.6 Å². The Morgan fingerprint density at radius 1 is 0.733 bits per heavy atom. The number of methoxy groups -OCH3 is 3. The van der Waals surface area contributed by atoms with Gasteiger partial charge in [0, 0.05) is 5.56 Å². The van der Waals surface area contributed by atoms with Crippen molar-refractivity contribution in [2.45, 2.75) is 46.0 Å². The smallest absolute Gasteiger partial charge is 0.497 e. The van der Waals surface area contributed by atoms with E-state index in [9.17, 15) is 35.6 Å². The van der Waals surface area contributed by atoms with Gasteiger partial charge in [-0.1, -0.05) is 33.8 Å². The fraction of sp³-hybridized carbons (Fsp3) is 0.375. The maximum atomic E-state index is 14.3. The predicted octanol–water partition coefficient (Wildman–Crippen LogP) is 7.39. The Kier molecular flexibility index (Phi) is 13.0. The molecule has 0 bridgehead atoms. The lowest BCUT2D eigenvalue weighted by atomic mass is 9.91. The van der Waals surface area contributed by atoms with Gasteiger partial charge in [0.25, 0.3) is 0 Å². The summed E-state index contributed by atoms with van der Waals surface area (Å²) in [6, 6.07) is 13.3. The number of carbonyl (C=O) groups is 2. The van der Waals surface area contributed by atoms with Crippen molar-refractivity contribution in [3.8, 4) is 22.6 Å². The second-order valence-corrected chi connectivity index (χ2v) is 12.2. The molecule has 0 spiro atoms. The number of benzene rings is 3. The second-order valence-electron chi connectivity index (χ2n) is 10.7.